The van der Waals surface area contributed by atoms with Gasteiger partial charge in [0.1, 0.15) is 0 Å². The summed E-state index contributed by atoms with van der Waals surface area (Å²) in [4.78, 5) is 2.53. The molecular formula is C17H28N2. The molecule has 106 valence electrons. The first kappa shape index (κ1) is 14.5. The summed E-state index contributed by atoms with van der Waals surface area (Å²) < 4.78 is 0. The molecule has 2 N–H and O–H groups in total. The van der Waals surface area contributed by atoms with Crippen LogP contribution in [-0.4, -0.2) is 18.0 Å². The minimum atomic E-state index is 0.634. The van der Waals surface area contributed by atoms with Gasteiger partial charge in [-0.2, -0.15) is 0 Å². The second-order valence-electron chi connectivity index (χ2n) is 6.36. The molecule has 1 aliphatic rings. The predicted molar refractivity (Wildman–Crippen MR) is 81.8 cm³/mol. The number of benzene rings is 1. The van der Waals surface area contributed by atoms with Crippen molar-refractivity contribution in [2.75, 3.05) is 7.05 Å². The van der Waals surface area contributed by atoms with E-state index in [0.29, 0.717) is 6.54 Å². The minimum Gasteiger partial charge on any atom is -0.326 e. The maximum Gasteiger partial charge on any atom is 0.0233 e. The van der Waals surface area contributed by atoms with Crippen molar-refractivity contribution in [1.82, 2.24) is 4.90 Å². The Morgan fingerprint density at radius 1 is 1.16 bits per heavy atom. The zero-order valence-electron chi connectivity index (χ0n) is 12.6. The van der Waals surface area contributed by atoms with Crippen LogP contribution < -0.4 is 5.73 Å². The summed E-state index contributed by atoms with van der Waals surface area (Å²) in [5.74, 6) is 1.75. The molecule has 19 heavy (non-hydrogen) atoms. The fourth-order valence-corrected chi connectivity index (χ4v) is 3.19. The van der Waals surface area contributed by atoms with E-state index >= 15 is 0 Å². The van der Waals surface area contributed by atoms with Crippen LogP contribution in [0.1, 0.15) is 44.2 Å². The van der Waals surface area contributed by atoms with Crippen molar-refractivity contribution >= 4 is 0 Å². The fourth-order valence-electron chi connectivity index (χ4n) is 3.19. The summed E-state index contributed by atoms with van der Waals surface area (Å²) in [5, 5.41) is 0. The monoisotopic (exact) mass is 260 g/mol. The first-order valence-corrected chi connectivity index (χ1v) is 7.58. The van der Waals surface area contributed by atoms with Crippen LogP contribution in [0, 0.1) is 11.8 Å². The Hall–Kier alpha value is -0.860. The summed E-state index contributed by atoms with van der Waals surface area (Å²) in [5.41, 5.74) is 8.33. The summed E-state index contributed by atoms with van der Waals surface area (Å²) in [7, 11) is 2.27. The molecule has 2 nitrogen and oxygen atoms in total. The van der Waals surface area contributed by atoms with Gasteiger partial charge in [-0.25, -0.2) is 0 Å². The zero-order chi connectivity index (χ0) is 13.8. The predicted octanol–water partition coefficient (Wildman–Crippen LogP) is 3.40. The Balaban J connectivity index is 1.94. The molecule has 2 rings (SSSR count). The molecule has 0 bridgehead atoms. The van der Waals surface area contributed by atoms with Gasteiger partial charge in [0.05, 0.1) is 0 Å². The van der Waals surface area contributed by atoms with Crippen LogP contribution in [0.25, 0.3) is 0 Å². The number of nitrogens with two attached hydrogens (primary N) is 1. The Bertz CT molecular complexity index is 402. The lowest BCUT2D eigenvalue weighted by Crippen LogP contribution is -2.37. The molecule has 1 saturated carbocycles. The maximum absolute atomic E-state index is 5.71. The number of rotatable bonds is 4. The van der Waals surface area contributed by atoms with Gasteiger partial charge in [0.15, 0.2) is 0 Å². The van der Waals surface area contributed by atoms with Crippen LogP contribution in [0.2, 0.25) is 0 Å². The first-order valence-electron chi connectivity index (χ1n) is 7.58. The molecule has 0 radical (unpaired) electrons. The van der Waals surface area contributed by atoms with Gasteiger partial charge in [-0.15, -0.1) is 0 Å². The van der Waals surface area contributed by atoms with E-state index in [1.807, 2.05) is 0 Å². The van der Waals surface area contributed by atoms with Crippen molar-refractivity contribution in [3.63, 3.8) is 0 Å². The number of nitrogens with zero attached hydrogens (tertiary/aromatic N) is 1. The van der Waals surface area contributed by atoms with Gasteiger partial charge in [-0.3, -0.25) is 4.90 Å². The summed E-state index contributed by atoms with van der Waals surface area (Å²) >= 11 is 0. The molecule has 2 heteroatoms. The van der Waals surface area contributed by atoms with E-state index in [1.54, 1.807) is 0 Å². The molecule has 1 aliphatic carbocycles. The van der Waals surface area contributed by atoms with Crippen molar-refractivity contribution in [3.8, 4) is 0 Å². The highest BCUT2D eigenvalue weighted by Gasteiger charge is 2.26. The highest BCUT2D eigenvalue weighted by molar-refractivity contribution is 5.23. The average Bonchev–Trinajstić information content (AvgIpc) is 2.42. The van der Waals surface area contributed by atoms with E-state index in [1.165, 1.54) is 30.4 Å². The van der Waals surface area contributed by atoms with Crippen molar-refractivity contribution in [3.05, 3.63) is 35.4 Å². The standard InChI is InChI=1S/C17H28N2/c1-13-7-8-17(9-14(13)2)19(3)12-16-6-4-5-15(10-16)11-18/h4-6,10,13-14,17H,7-9,11-12,18H2,1-3H3. The lowest BCUT2D eigenvalue weighted by molar-refractivity contribution is 0.126. The smallest absolute Gasteiger partial charge is 0.0233 e. The van der Waals surface area contributed by atoms with Gasteiger partial charge in [0.2, 0.25) is 0 Å². The van der Waals surface area contributed by atoms with E-state index in [2.05, 4.69) is 50.1 Å². The third-order valence-corrected chi connectivity index (χ3v) is 4.85. The van der Waals surface area contributed by atoms with E-state index in [-0.39, 0.29) is 0 Å². The third-order valence-electron chi connectivity index (χ3n) is 4.85. The Labute approximate surface area is 118 Å². The summed E-state index contributed by atoms with van der Waals surface area (Å²) in [6.45, 7) is 6.47. The van der Waals surface area contributed by atoms with E-state index < -0.39 is 0 Å². The van der Waals surface area contributed by atoms with Crippen molar-refractivity contribution in [2.45, 2.75) is 52.2 Å². The molecule has 0 saturated heterocycles. The number of hydrogen-bond donors (Lipinski definition) is 1. The minimum absolute atomic E-state index is 0.634. The number of hydrogen-bond acceptors (Lipinski definition) is 2. The maximum atomic E-state index is 5.71. The van der Waals surface area contributed by atoms with Crippen LogP contribution in [0.15, 0.2) is 24.3 Å². The molecule has 1 aromatic carbocycles. The van der Waals surface area contributed by atoms with Crippen molar-refractivity contribution in [1.29, 1.82) is 0 Å². The Kier molecular flexibility index (Phi) is 5.00. The highest BCUT2D eigenvalue weighted by Crippen LogP contribution is 2.32. The van der Waals surface area contributed by atoms with Gasteiger partial charge in [-0.05, 0) is 49.3 Å². The Morgan fingerprint density at radius 3 is 2.58 bits per heavy atom. The zero-order valence-corrected chi connectivity index (χ0v) is 12.6. The van der Waals surface area contributed by atoms with Crippen molar-refractivity contribution in [2.24, 2.45) is 17.6 Å². The second kappa shape index (κ2) is 6.53. The molecule has 0 aliphatic heterocycles. The molecule has 3 unspecified atom stereocenters. The van der Waals surface area contributed by atoms with Crippen LogP contribution in [-0.2, 0) is 13.1 Å². The van der Waals surface area contributed by atoms with Crippen LogP contribution in [0.4, 0.5) is 0 Å². The third kappa shape index (κ3) is 3.80. The lowest BCUT2D eigenvalue weighted by Gasteiger charge is -2.37. The molecule has 0 amide bonds. The topological polar surface area (TPSA) is 29.3 Å². The Morgan fingerprint density at radius 2 is 1.89 bits per heavy atom. The van der Waals surface area contributed by atoms with Gasteiger partial charge in [0, 0.05) is 19.1 Å². The molecule has 3 atom stereocenters. The summed E-state index contributed by atoms with van der Waals surface area (Å²) in [6, 6.07) is 9.42. The quantitative estimate of drug-likeness (QED) is 0.899. The van der Waals surface area contributed by atoms with Crippen molar-refractivity contribution < 1.29 is 0 Å². The summed E-state index contributed by atoms with van der Waals surface area (Å²) in [6.07, 6.45) is 4.06. The SMILES string of the molecule is CC1CCC(N(C)Cc2cccc(CN)c2)CC1C. The van der Waals surface area contributed by atoms with E-state index in [4.69, 9.17) is 5.73 Å². The normalized spacial score (nSPS) is 27.7. The molecule has 0 heterocycles. The first-order chi connectivity index (χ1) is 9.10. The molecule has 0 spiro atoms. The lowest BCUT2D eigenvalue weighted by atomic mass is 9.78. The van der Waals surface area contributed by atoms with Gasteiger partial charge in [-0.1, -0.05) is 38.1 Å². The van der Waals surface area contributed by atoms with Gasteiger partial charge >= 0.3 is 0 Å². The largest absolute Gasteiger partial charge is 0.326 e. The average molecular weight is 260 g/mol. The molecule has 1 fully saturated rings. The van der Waals surface area contributed by atoms with Gasteiger partial charge in [0.25, 0.3) is 0 Å². The van der Waals surface area contributed by atoms with E-state index in [0.717, 1.165) is 24.4 Å². The highest BCUT2D eigenvalue weighted by atomic mass is 15.1. The van der Waals surface area contributed by atoms with Gasteiger partial charge < -0.3 is 5.73 Å². The van der Waals surface area contributed by atoms with Crippen LogP contribution in [0.5, 0.6) is 0 Å². The molecular weight excluding hydrogens is 232 g/mol. The van der Waals surface area contributed by atoms with E-state index in [9.17, 15) is 0 Å². The fraction of sp³-hybridized carbons (Fsp3) is 0.647. The van der Waals surface area contributed by atoms with Crippen LogP contribution >= 0.6 is 0 Å². The molecule has 1 aromatic rings. The second-order valence-corrected chi connectivity index (χ2v) is 6.36. The van der Waals surface area contributed by atoms with Crippen LogP contribution in [0.3, 0.4) is 0 Å². The molecule has 0 aromatic heterocycles.